The number of benzene rings is 2. The highest BCUT2D eigenvalue weighted by Crippen LogP contribution is 2.21. The van der Waals surface area contributed by atoms with Crippen LogP contribution in [0.1, 0.15) is 36.0 Å². The van der Waals surface area contributed by atoms with Gasteiger partial charge in [0, 0.05) is 0 Å². The molecule has 0 amide bonds. The molecule has 100 valence electrons. The fourth-order valence-corrected chi connectivity index (χ4v) is 2.43. The lowest BCUT2D eigenvalue weighted by atomic mass is 9.91. The molecule has 0 saturated carbocycles. The first-order valence-corrected chi connectivity index (χ1v) is 7.16. The first-order chi connectivity index (χ1) is 9.33. The molecule has 2 N–H and O–H groups in total. The lowest BCUT2D eigenvalue weighted by molar-refractivity contribution is 0.633. The Kier molecular flexibility index (Phi) is 5.17. The second kappa shape index (κ2) is 7.10. The summed E-state index contributed by atoms with van der Waals surface area (Å²) in [6, 6.07) is 19.6. The normalized spacial score (nSPS) is 12.3. The lowest BCUT2D eigenvalue weighted by Crippen LogP contribution is -2.13. The van der Waals surface area contributed by atoms with Gasteiger partial charge in [0.1, 0.15) is 0 Å². The molecule has 0 aromatic heterocycles. The standard InChI is InChI=1S/C18H23N/c1-2-15-8-11-17(12-9-15)18(14-19)13-10-16-6-4-3-5-7-16/h3-9,11-12,18H,2,10,13-14,19H2,1H3. The smallest absolute Gasteiger partial charge is 0.000812 e. The van der Waals surface area contributed by atoms with Crippen molar-refractivity contribution in [2.24, 2.45) is 5.73 Å². The van der Waals surface area contributed by atoms with E-state index in [1.54, 1.807) is 0 Å². The predicted molar refractivity (Wildman–Crippen MR) is 82.4 cm³/mol. The van der Waals surface area contributed by atoms with E-state index in [0.29, 0.717) is 5.92 Å². The van der Waals surface area contributed by atoms with Crippen molar-refractivity contribution in [1.82, 2.24) is 0 Å². The monoisotopic (exact) mass is 253 g/mol. The van der Waals surface area contributed by atoms with Crippen LogP contribution >= 0.6 is 0 Å². The van der Waals surface area contributed by atoms with Crippen LogP contribution in [0.25, 0.3) is 0 Å². The van der Waals surface area contributed by atoms with Crippen molar-refractivity contribution in [3.05, 3.63) is 71.3 Å². The SMILES string of the molecule is CCc1ccc(C(CN)CCc2ccccc2)cc1. The van der Waals surface area contributed by atoms with Crippen LogP contribution in [-0.4, -0.2) is 6.54 Å². The molecular weight excluding hydrogens is 230 g/mol. The maximum atomic E-state index is 5.94. The Labute approximate surface area is 116 Å². The van der Waals surface area contributed by atoms with Gasteiger partial charge in [0.15, 0.2) is 0 Å². The fourth-order valence-electron chi connectivity index (χ4n) is 2.43. The zero-order valence-corrected chi connectivity index (χ0v) is 11.7. The van der Waals surface area contributed by atoms with Crippen LogP contribution in [0.5, 0.6) is 0 Å². The van der Waals surface area contributed by atoms with Gasteiger partial charge in [-0.3, -0.25) is 0 Å². The van der Waals surface area contributed by atoms with E-state index in [-0.39, 0.29) is 0 Å². The summed E-state index contributed by atoms with van der Waals surface area (Å²) in [5.41, 5.74) is 10.1. The minimum Gasteiger partial charge on any atom is -0.330 e. The Morgan fingerprint density at radius 1 is 0.895 bits per heavy atom. The van der Waals surface area contributed by atoms with Crippen LogP contribution in [0.2, 0.25) is 0 Å². The van der Waals surface area contributed by atoms with Crippen LogP contribution in [0.4, 0.5) is 0 Å². The zero-order chi connectivity index (χ0) is 13.5. The summed E-state index contributed by atoms with van der Waals surface area (Å²) >= 11 is 0. The third kappa shape index (κ3) is 3.93. The summed E-state index contributed by atoms with van der Waals surface area (Å²) in [4.78, 5) is 0. The summed E-state index contributed by atoms with van der Waals surface area (Å²) in [5, 5.41) is 0. The average molecular weight is 253 g/mol. The van der Waals surface area contributed by atoms with Crippen molar-refractivity contribution in [1.29, 1.82) is 0 Å². The third-order valence-electron chi connectivity index (χ3n) is 3.77. The van der Waals surface area contributed by atoms with Crippen LogP contribution in [0.15, 0.2) is 54.6 Å². The van der Waals surface area contributed by atoms with Gasteiger partial charge in [-0.25, -0.2) is 0 Å². The second-order valence-electron chi connectivity index (χ2n) is 5.05. The van der Waals surface area contributed by atoms with Gasteiger partial charge in [-0.15, -0.1) is 0 Å². The van der Waals surface area contributed by atoms with E-state index in [1.807, 2.05) is 0 Å². The average Bonchev–Trinajstić information content (AvgIpc) is 2.49. The molecule has 0 aliphatic rings. The molecule has 0 radical (unpaired) electrons. The highest BCUT2D eigenvalue weighted by molar-refractivity contribution is 5.26. The Morgan fingerprint density at radius 3 is 2.16 bits per heavy atom. The first-order valence-electron chi connectivity index (χ1n) is 7.16. The molecule has 1 unspecified atom stereocenters. The van der Waals surface area contributed by atoms with Gasteiger partial charge in [-0.2, -0.15) is 0 Å². The third-order valence-corrected chi connectivity index (χ3v) is 3.77. The molecule has 0 heterocycles. The fraction of sp³-hybridized carbons (Fsp3) is 0.333. The van der Waals surface area contributed by atoms with Crippen molar-refractivity contribution in [3.63, 3.8) is 0 Å². The van der Waals surface area contributed by atoms with Crippen LogP contribution < -0.4 is 5.73 Å². The predicted octanol–water partition coefficient (Wildman–Crippen LogP) is 3.92. The zero-order valence-electron chi connectivity index (χ0n) is 11.7. The van der Waals surface area contributed by atoms with Crippen LogP contribution in [0.3, 0.4) is 0 Å². The molecule has 1 nitrogen and oxygen atoms in total. The van der Waals surface area contributed by atoms with E-state index in [0.717, 1.165) is 25.8 Å². The van der Waals surface area contributed by atoms with E-state index in [1.165, 1.54) is 16.7 Å². The number of hydrogen-bond acceptors (Lipinski definition) is 1. The van der Waals surface area contributed by atoms with E-state index in [9.17, 15) is 0 Å². The van der Waals surface area contributed by atoms with Crippen LogP contribution in [-0.2, 0) is 12.8 Å². The summed E-state index contributed by atoms with van der Waals surface area (Å²) < 4.78 is 0. The van der Waals surface area contributed by atoms with Gasteiger partial charge in [-0.05, 0) is 48.4 Å². The Balaban J connectivity index is 1.99. The lowest BCUT2D eigenvalue weighted by Gasteiger charge is -2.15. The Bertz CT molecular complexity index is 473. The maximum absolute atomic E-state index is 5.94. The Hall–Kier alpha value is -1.60. The topological polar surface area (TPSA) is 26.0 Å². The molecule has 0 spiro atoms. The highest BCUT2D eigenvalue weighted by Gasteiger charge is 2.09. The van der Waals surface area contributed by atoms with Crippen molar-refractivity contribution >= 4 is 0 Å². The molecular formula is C18H23N. The van der Waals surface area contributed by atoms with Crippen molar-refractivity contribution in [2.45, 2.75) is 32.1 Å². The summed E-state index contributed by atoms with van der Waals surface area (Å²) in [6.45, 7) is 2.91. The van der Waals surface area contributed by atoms with Crippen molar-refractivity contribution in [2.75, 3.05) is 6.54 Å². The summed E-state index contributed by atoms with van der Waals surface area (Å²) in [5.74, 6) is 0.464. The van der Waals surface area contributed by atoms with E-state index < -0.39 is 0 Å². The number of hydrogen-bond donors (Lipinski definition) is 1. The summed E-state index contributed by atoms with van der Waals surface area (Å²) in [7, 11) is 0. The second-order valence-corrected chi connectivity index (χ2v) is 5.05. The number of aryl methyl sites for hydroxylation is 2. The molecule has 1 atom stereocenters. The summed E-state index contributed by atoms with van der Waals surface area (Å²) in [6.07, 6.45) is 3.31. The van der Waals surface area contributed by atoms with Gasteiger partial charge >= 0.3 is 0 Å². The van der Waals surface area contributed by atoms with E-state index >= 15 is 0 Å². The molecule has 0 aliphatic heterocycles. The largest absolute Gasteiger partial charge is 0.330 e. The maximum Gasteiger partial charge on any atom is -0.000812 e. The van der Waals surface area contributed by atoms with Crippen molar-refractivity contribution in [3.8, 4) is 0 Å². The van der Waals surface area contributed by atoms with Gasteiger partial charge in [-0.1, -0.05) is 61.5 Å². The molecule has 1 heteroatoms. The molecule has 0 aliphatic carbocycles. The van der Waals surface area contributed by atoms with Gasteiger partial charge in [0.25, 0.3) is 0 Å². The molecule has 19 heavy (non-hydrogen) atoms. The van der Waals surface area contributed by atoms with E-state index in [2.05, 4.69) is 61.5 Å². The van der Waals surface area contributed by atoms with E-state index in [4.69, 9.17) is 5.73 Å². The molecule has 0 fully saturated rings. The minimum absolute atomic E-state index is 0.464. The first kappa shape index (κ1) is 13.8. The van der Waals surface area contributed by atoms with Gasteiger partial charge < -0.3 is 5.73 Å². The Morgan fingerprint density at radius 2 is 1.58 bits per heavy atom. The number of nitrogens with two attached hydrogens (primary N) is 1. The highest BCUT2D eigenvalue weighted by atomic mass is 14.5. The van der Waals surface area contributed by atoms with Gasteiger partial charge in [0.05, 0.1) is 0 Å². The van der Waals surface area contributed by atoms with Gasteiger partial charge in [0.2, 0.25) is 0 Å². The molecule has 0 bridgehead atoms. The molecule has 2 aromatic rings. The molecule has 2 aromatic carbocycles. The van der Waals surface area contributed by atoms with Crippen LogP contribution in [0, 0.1) is 0 Å². The number of rotatable bonds is 6. The quantitative estimate of drug-likeness (QED) is 0.829. The molecule has 2 rings (SSSR count). The molecule has 0 saturated heterocycles. The minimum atomic E-state index is 0.464. The van der Waals surface area contributed by atoms with Crippen molar-refractivity contribution < 1.29 is 0 Å².